The van der Waals surface area contributed by atoms with Crippen molar-refractivity contribution < 1.29 is 61.7 Å². The van der Waals surface area contributed by atoms with Crippen LogP contribution in [0.25, 0.3) is 0 Å². The lowest BCUT2D eigenvalue weighted by Gasteiger charge is -2.31. The lowest BCUT2D eigenvalue weighted by atomic mass is 9.78. The van der Waals surface area contributed by atoms with E-state index < -0.39 is 32.4 Å². The Bertz CT molecular complexity index is 1590. The lowest BCUT2D eigenvalue weighted by Crippen LogP contribution is -2.41. The summed E-state index contributed by atoms with van der Waals surface area (Å²) in [5, 5.41) is 33.2. The minimum Gasteiger partial charge on any atom is -0.423 e. The monoisotopic (exact) mass is 945 g/mol. The summed E-state index contributed by atoms with van der Waals surface area (Å²) in [7, 11) is -2.26. The molecule has 294 valence electrons. The van der Waals surface area contributed by atoms with Crippen LogP contribution in [0.15, 0.2) is 38.2 Å². The molecule has 0 bridgehead atoms. The van der Waals surface area contributed by atoms with E-state index in [1.54, 1.807) is 6.92 Å². The topological polar surface area (TPSA) is 183 Å². The van der Waals surface area contributed by atoms with E-state index in [9.17, 15) is 18.0 Å². The van der Waals surface area contributed by atoms with Crippen molar-refractivity contribution in [3.63, 3.8) is 0 Å². The van der Waals surface area contributed by atoms with Gasteiger partial charge in [-0.25, -0.2) is 23.1 Å². The second-order valence-electron chi connectivity index (χ2n) is 12.1. The number of ether oxygens (including phenoxy) is 2. The molecular formula is C32H43B2Br3F3N3O10. The maximum absolute atomic E-state index is 13.8. The maximum atomic E-state index is 13.8. The Morgan fingerprint density at radius 2 is 1.47 bits per heavy atom. The normalized spacial score (nSPS) is 15.6. The fraction of sp³-hybridized carbons (Fsp3) is 0.500. The summed E-state index contributed by atoms with van der Waals surface area (Å²) in [4.78, 5) is 21.2. The first-order valence-electron chi connectivity index (χ1n) is 15.8. The van der Waals surface area contributed by atoms with E-state index in [1.807, 2.05) is 41.5 Å². The largest absolute Gasteiger partial charge is 0.640 e. The zero-order chi connectivity index (χ0) is 40.7. The molecule has 4 N–H and O–H groups in total. The van der Waals surface area contributed by atoms with Crippen LogP contribution in [0.3, 0.4) is 0 Å². The number of aldehydes is 1. The number of pyridine rings is 3. The minimum absolute atomic E-state index is 0.0410. The number of aromatic nitrogens is 3. The Balaban J connectivity index is 0.000000348. The number of rotatable bonds is 6. The van der Waals surface area contributed by atoms with Gasteiger partial charge in [-0.2, -0.15) is 0 Å². The third kappa shape index (κ3) is 15.6. The Kier molecular flexibility index (Phi) is 21.6. The van der Waals surface area contributed by atoms with Gasteiger partial charge in [-0.15, -0.1) is 0 Å². The number of halogens is 6. The fourth-order valence-corrected chi connectivity index (χ4v) is 4.47. The molecule has 2 fully saturated rings. The highest BCUT2D eigenvalue weighted by molar-refractivity contribution is 9.11. The summed E-state index contributed by atoms with van der Waals surface area (Å²) in [6.07, 6.45) is 3.85. The molecule has 3 aromatic rings. The number of carbonyl (C=O) groups is 1. The zero-order valence-corrected chi connectivity index (χ0v) is 35.1. The highest BCUT2D eigenvalue weighted by Crippen LogP contribution is 2.37. The summed E-state index contributed by atoms with van der Waals surface area (Å²) in [5.41, 5.74) is -0.121. The number of hydrogen-bond acceptors (Lipinski definition) is 13. The van der Waals surface area contributed by atoms with Crippen molar-refractivity contribution in [3.8, 4) is 0 Å². The third-order valence-electron chi connectivity index (χ3n) is 7.27. The van der Waals surface area contributed by atoms with E-state index >= 15 is 0 Å². The Morgan fingerprint density at radius 1 is 0.925 bits per heavy atom. The number of nitrogens with zero attached hydrogens (tertiary/aromatic N) is 3. The number of carbonyl (C=O) groups excluding carboxylic acids is 1. The maximum Gasteiger partial charge on any atom is 0.640 e. The van der Waals surface area contributed by atoms with Crippen molar-refractivity contribution in [2.45, 2.75) is 79.0 Å². The molecule has 0 radical (unpaired) electrons. The quantitative estimate of drug-likeness (QED) is 0.146. The smallest absolute Gasteiger partial charge is 0.423 e. The van der Waals surface area contributed by atoms with Gasteiger partial charge in [0.05, 0.1) is 37.6 Å². The summed E-state index contributed by atoms with van der Waals surface area (Å²) >= 11 is 9.09. The first-order valence-corrected chi connectivity index (χ1v) is 18.2. The molecule has 0 aliphatic carbocycles. The highest BCUT2D eigenvalue weighted by atomic mass is 79.9. The molecule has 5 rings (SSSR count). The summed E-state index contributed by atoms with van der Waals surface area (Å²) in [5.74, 6) is -1.55. The van der Waals surface area contributed by atoms with Gasteiger partial charge in [0.2, 0.25) is 6.29 Å². The standard InChI is InChI=1S/C9H11BFNO4.C9H19BO3.C7H5BrFNO.C5H2Br2FN.C2H6O2/c1-5-6(10(13)14)4-12-8(7(5)11)9-15-2-3-16-9;1-7(2)11-10-12-8(3,4)9(5,6)13-10;1-4-5(8)2-10-6(3-11)7(4)9;6-3-1-4(8)5(7)9-2-3;3-1-2-4/h4,9,13-14H,2-3H2,1H3;7H,1-6H3;2-3H,1H3;1-2H;3-4H,1-2H2. The predicted octanol–water partition coefficient (Wildman–Crippen LogP) is 5.08. The Labute approximate surface area is 332 Å². The van der Waals surface area contributed by atoms with Gasteiger partial charge < -0.3 is 43.7 Å². The van der Waals surface area contributed by atoms with Crippen LogP contribution in [-0.2, 0) is 23.4 Å². The van der Waals surface area contributed by atoms with Crippen molar-refractivity contribution in [1.82, 2.24) is 15.0 Å². The van der Waals surface area contributed by atoms with Gasteiger partial charge in [-0.3, -0.25) is 9.78 Å². The first-order chi connectivity index (χ1) is 24.6. The molecule has 0 saturated carbocycles. The van der Waals surface area contributed by atoms with Crippen molar-refractivity contribution >= 4 is 74.0 Å². The van der Waals surface area contributed by atoms with Crippen LogP contribution in [-0.4, -0.2) is 99.7 Å². The van der Waals surface area contributed by atoms with Gasteiger partial charge in [-0.05, 0) is 115 Å². The molecule has 5 heterocycles. The Hall–Kier alpha value is -1.88. The number of aliphatic hydroxyl groups is 2. The van der Waals surface area contributed by atoms with Crippen LogP contribution in [0.4, 0.5) is 13.2 Å². The molecule has 0 aromatic carbocycles. The molecule has 0 amide bonds. The van der Waals surface area contributed by atoms with Gasteiger partial charge >= 0.3 is 14.4 Å². The molecule has 0 spiro atoms. The van der Waals surface area contributed by atoms with Crippen LogP contribution < -0.4 is 5.46 Å². The zero-order valence-electron chi connectivity index (χ0n) is 30.4. The fourth-order valence-electron chi connectivity index (χ4n) is 3.68. The molecule has 13 nitrogen and oxygen atoms in total. The number of aliphatic hydroxyl groups excluding tert-OH is 2. The van der Waals surface area contributed by atoms with Crippen LogP contribution in [0.5, 0.6) is 0 Å². The predicted molar refractivity (Wildman–Crippen MR) is 201 cm³/mol. The second kappa shape index (κ2) is 23.2. The first kappa shape index (κ1) is 49.1. The van der Waals surface area contributed by atoms with Crippen molar-refractivity contribution in [1.29, 1.82) is 0 Å². The van der Waals surface area contributed by atoms with E-state index in [2.05, 4.69) is 62.7 Å². The molecule has 0 unspecified atom stereocenters. The van der Waals surface area contributed by atoms with Crippen molar-refractivity contribution in [2.75, 3.05) is 26.4 Å². The van der Waals surface area contributed by atoms with E-state index in [4.69, 9.17) is 43.7 Å². The van der Waals surface area contributed by atoms with E-state index in [0.717, 1.165) is 0 Å². The third-order valence-corrected chi connectivity index (χ3v) is 9.09. The molecular weight excluding hydrogens is 905 g/mol. The molecule has 2 aliphatic heterocycles. The lowest BCUT2D eigenvalue weighted by molar-refractivity contribution is -0.0498. The van der Waals surface area contributed by atoms with E-state index in [-0.39, 0.29) is 63.4 Å². The van der Waals surface area contributed by atoms with Gasteiger partial charge in [0.25, 0.3) is 0 Å². The molecule has 2 saturated heterocycles. The number of hydrogen-bond donors (Lipinski definition) is 4. The summed E-state index contributed by atoms with van der Waals surface area (Å²) in [6.45, 7) is 15.5. The van der Waals surface area contributed by atoms with Crippen molar-refractivity contribution in [3.05, 3.63) is 78.2 Å². The van der Waals surface area contributed by atoms with Gasteiger partial charge in [0.1, 0.15) is 16.0 Å². The van der Waals surface area contributed by atoms with Gasteiger partial charge in [0.15, 0.2) is 23.7 Å². The van der Waals surface area contributed by atoms with E-state index in [1.165, 1.54) is 31.6 Å². The van der Waals surface area contributed by atoms with Crippen LogP contribution in [0, 0.1) is 31.3 Å². The minimum atomic E-state index is -1.73. The molecule has 2 aliphatic rings. The average molecular weight is 948 g/mol. The summed E-state index contributed by atoms with van der Waals surface area (Å²) in [6, 6.07) is 1.34. The van der Waals surface area contributed by atoms with E-state index in [0.29, 0.717) is 34.0 Å². The molecule has 0 atom stereocenters. The summed E-state index contributed by atoms with van der Waals surface area (Å²) < 4.78 is 67.6. The van der Waals surface area contributed by atoms with Crippen LogP contribution in [0.1, 0.15) is 75.1 Å². The van der Waals surface area contributed by atoms with Gasteiger partial charge in [-0.1, -0.05) is 0 Å². The van der Waals surface area contributed by atoms with Crippen LogP contribution in [0.2, 0.25) is 0 Å². The Morgan fingerprint density at radius 3 is 1.91 bits per heavy atom. The van der Waals surface area contributed by atoms with Crippen molar-refractivity contribution in [2.24, 2.45) is 0 Å². The average Bonchev–Trinajstić information content (AvgIpc) is 3.68. The van der Waals surface area contributed by atoms with Crippen LogP contribution >= 0.6 is 47.8 Å². The molecule has 3 aromatic heterocycles. The van der Waals surface area contributed by atoms with Gasteiger partial charge in [0, 0.05) is 44.7 Å². The SMILES string of the molecule is CC(C)OB1OC(C)(C)C(C)(C)O1.Cc1c(B(O)O)cnc(C2OCCO2)c1F.Cc1c(Br)cnc(C=O)c1F.Fc1cc(Br)cnc1Br.OCCO. The molecule has 53 heavy (non-hydrogen) atoms. The highest BCUT2D eigenvalue weighted by Gasteiger charge is 2.53. The molecule has 21 heteroatoms. The second-order valence-corrected chi connectivity index (χ2v) is 14.7.